The van der Waals surface area contributed by atoms with Gasteiger partial charge in [-0.1, -0.05) is 23.4 Å². The summed E-state index contributed by atoms with van der Waals surface area (Å²) in [7, 11) is 0. The number of halogens is 5. The van der Waals surface area contributed by atoms with E-state index in [1.165, 1.54) is 30.5 Å². The van der Waals surface area contributed by atoms with E-state index in [-0.39, 0.29) is 29.5 Å². The SMILES string of the molecule is NC(=CC(=NCc1ccccc1F)c1ccon1)c1ncc(F)c(NCC(F)(F)F)n1. The molecule has 3 rings (SSSR count). The molecule has 0 saturated heterocycles. The van der Waals surface area contributed by atoms with Gasteiger partial charge in [-0.15, -0.1) is 0 Å². The third-order valence-corrected chi connectivity index (χ3v) is 3.83. The molecule has 0 saturated carbocycles. The van der Waals surface area contributed by atoms with Crippen molar-refractivity contribution in [1.82, 2.24) is 15.1 Å². The lowest BCUT2D eigenvalue weighted by atomic mass is 10.2. The van der Waals surface area contributed by atoms with Crippen LogP contribution in [0.2, 0.25) is 0 Å². The number of nitrogens with zero attached hydrogens (tertiary/aromatic N) is 4. The van der Waals surface area contributed by atoms with Crippen LogP contribution in [0.15, 0.2) is 58.4 Å². The monoisotopic (exact) mass is 438 g/mol. The molecule has 2 aromatic heterocycles. The third-order valence-electron chi connectivity index (χ3n) is 3.83. The summed E-state index contributed by atoms with van der Waals surface area (Å²) >= 11 is 0. The van der Waals surface area contributed by atoms with Crippen molar-refractivity contribution in [3.63, 3.8) is 0 Å². The van der Waals surface area contributed by atoms with Crippen molar-refractivity contribution in [2.75, 3.05) is 11.9 Å². The third kappa shape index (κ3) is 6.07. The van der Waals surface area contributed by atoms with E-state index in [0.29, 0.717) is 11.8 Å². The minimum atomic E-state index is -4.57. The fourth-order valence-electron chi connectivity index (χ4n) is 2.37. The lowest BCUT2D eigenvalue weighted by Crippen LogP contribution is -2.23. The fourth-order valence-corrected chi connectivity index (χ4v) is 2.37. The molecule has 2 heterocycles. The molecular formula is C19H15F5N6O. The van der Waals surface area contributed by atoms with Crippen molar-refractivity contribution < 1.29 is 26.5 Å². The summed E-state index contributed by atoms with van der Waals surface area (Å²) < 4.78 is 69.6. The normalized spacial score (nSPS) is 12.8. The van der Waals surface area contributed by atoms with Gasteiger partial charge in [0.15, 0.2) is 17.5 Å². The molecule has 3 aromatic rings. The van der Waals surface area contributed by atoms with E-state index in [2.05, 4.69) is 20.1 Å². The lowest BCUT2D eigenvalue weighted by Gasteiger charge is -2.10. The second kappa shape index (κ2) is 9.32. The highest BCUT2D eigenvalue weighted by Crippen LogP contribution is 2.18. The van der Waals surface area contributed by atoms with Crippen molar-refractivity contribution in [2.24, 2.45) is 10.7 Å². The number of anilines is 1. The summed E-state index contributed by atoms with van der Waals surface area (Å²) in [5, 5.41) is 5.60. The van der Waals surface area contributed by atoms with E-state index in [0.717, 1.165) is 0 Å². The van der Waals surface area contributed by atoms with Crippen LogP contribution in [0.25, 0.3) is 5.70 Å². The van der Waals surface area contributed by atoms with E-state index in [9.17, 15) is 22.0 Å². The number of aromatic nitrogens is 3. The van der Waals surface area contributed by atoms with Crippen molar-refractivity contribution in [1.29, 1.82) is 0 Å². The smallest absolute Gasteiger partial charge is 0.396 e. The highest BCUT2D eigenvalue weighted by atomic mass is 19.4. The first kappa shape index (κ1) is 21.9. The van der Waals surface area contributed by atoms with Gasteiger partial charge in [0.2, 0.25) is 0 Å². The average molecular weight is 438 g/mol. The molecule has 162 valence electrons. The Bertz CT molecular complexity index is 1100. The molecular weight excluding hydrogens is 423 g/mol. The Morgan fingerprint density at radius 3 is 2.61 bits per heavy atom. The van der Waals surface area contributed by atoms with Crippen LogP contribution in [0, 0.1) is 11.6 Å². The maximum absolute atomic E-state index is 13.9. The van der Waals surface area contributed by atoms with E-state index < -0.39 is 30.2 Å². The van der Waals surface area contributed by atoms with Gasteiger partial charge in [0, 0.05) is 11.6 Å². The predicted octanol–water partition coefficient (Wildman–Crippen LogP) is 3.71. The standard InChI is InChI=1S/C19H15F5N6O/c20-12-4-2-1-3-11(12)8-26-16(15-5-6-31-30-15)7-14(25)18-27-9-13(21)17(29-18)28-10-19(22,23)24/h1-7,9H,8,10,25H2,(H,27,28,29). The van der Waals surface area contributed by atoms with Gasteiger partial charge in [0.1, 0.15) is 24.3 Å². The van der Waals surface area contributed by atoms with Crippen molar-refractivity contribution in [2.45, 2.75) is 12.7 Å². The number of nitrogens with one attached hydrogen (secondary N) is 1. The van der Waals surface area contributed by atoms with E-state index in [4.69, 9.17) is 10.3 Å². The second-order valence-electron chi connectivity index (χ2n) is 6.14. The highest BCUT2D eigenvalue weighted by molar-refractivity contribution is 6.10. The molecule has 0 fully saturated rings. The minimum absolute atomic E-state index is 0.0543. The molecule has 0 aliphatic rings. The Kier molecular flexibility index (Phi) is 6.58. The Hall–Kier alpha value is -3.83. The van der Waals surface area contributed by atoms with Crippen LogP contribution in [0.1, 0.15) is 17.1 Å². The zero-order valence-corrected chi connectivity index (χ0v) is 15.7. The zero-order chi connectivity index (χ0) is 22.4. The maximum atomic E-state index is 13.9. The number of allylic oxidation sites excluding steroid dienone is 1. The molecule has 3 N–H and O–H groups in total. The van der Waals surface area contributed by atoms with Gasteiger partial charge < -0.3 is 15.6 Å². The van der Waals surface area contributed by atoms with Gasteiger partial charge in [0.05, 0.1) is 24.2 Å². The number of nitrogens with two attached hydrogens (primary N) is 1. The summed E-state index contributed by atoms with van der Waals surface area (Å²) in [6.45, 7) is -1.54. The van der Waals surface area contributed by atoms with E-state index in [1.54, 1.807) is 12.1 Å². The fraction of sp³-hybridized carbons (Fsp3) is 0.158. The number of alkyl halides is 3. The molecule has 7 nitrogen and oxygen atoms in total. The lowest BCUT2D eigenvalue weighted by molar-refractivity contribution is -0.115. The van der Waals surface area contributed by atoms with Gasteiger partial charge in [-0.3, -0.25) is 4.99 Å². The zero-order valence-electron chi connectivity index (χ0n) is 15.7. The summed E-state index contributed by atoms with van der Waals surface area (Å²) in [5.41, 5.74) is 6.56. The predicted molar refractivity (Wildman–Crippen MR) is 102 cm³/mol. The number of hydrogen-bond acceptors (Lipinski definition) is 7. The largest absolute Gasteiger partial charge is 0.405 e. The van der Waals surface area contributed by atoms with Crippen molar-refractivity contribution in [3.05, 3.63) is 77.6 Å². The molecule has 0 aliphatic heterocycles. The topological polar surface area (TPSA) is 102 Å². The van der Waals surface area contributed by atoms with Crippen LogP contribution in [-0.4, -0.2) is 33.6 Å². The number of benzene rings is 1. The Balaban J connectivity index is 1.90. The molecule has 0 aliphatic carbocycles. The quantitative estimate of drug-likeness (QED) is 0.431. The first-order valence-corrected chi connectivity index (χ1v) is 8.72. The highest BCUT2D eigenvalue weighted by Gasteiger charge is 2.27. The number of hydrogen-bond donors (Lipinski definition) is 2. The van der Waals surface area contributed by atoms with Crippen molar-refractivity contribution >= 4 is 17.2 Å². The molecule has 0 bridgehead atoms. The van der Waals surface area contributed by atoms with Gasteiger partial charge in [0.25, 0.3) is 0 Å². The molecule has 0 radical (unpaired) electrons. The molecule has 1 aromatic carbocycles. The Labute approximate surface area is 172 Å². The summed E-state index contributed by atoms with van der Waals surface area (Å²) in [5.74, 6) is -2.44. The first-order chi connectivity index (χ1) is 14.7. The molecule has 0 unspecified atom stereocenters. The number of rotatable bonds is 7. The van der Waals surface area contributed by atoms with Crippen LogP contribution >= 0.6 is 0 Å². The Morgan fingerprint density at radius 2 is 1.94 bits per heavy atom. The Morgan fingerprint density at radius 1 is 1.16 bits per heavy atom. The van der Waals surface area contributed by atoms with Gasteiger partial charge in [-0.05, 0) is 12.1 Å². The molecule has 31 heavy (non-hydrogen) atoms. The number of aliphatic imine (C=N–C) groups is 1. The minimum Gasteiger partial charge on any atom is -0.396 e. The van der Waals surface area contributed by atoms with Gasteiger partial charge in [-0.25, -0.2) is 18.7 Å². The van der Waals surface area contributed by atoms with E-state index in [1.807, 2.05) is 5.32 Å². The van der Waals surface area contributed by atoms with Crippen LogP contribution in [-0.2, 0) is 6.54 Å². The van der Waals surface area contributed by atoms with Crippen LogP contribution in [0.4, 0.5) is 27.8 Å². The molecule has 0 atom stereocenters. The molecule has 12 heteroatoms. The van der Waals surface area contributed by atoms with Crippen LogP contribution < -0.4 is 11.1 Å². The summed E-state index contributed by atoms with van der Waals surface area (Å²) in [4.78, 5) is 11.7. The maximum Gasteiger partial charge on any atom is 0.405 e. The van der Waals surface area contributed by atoms with Crippen molar-refractivity contribution in [3.8, 4) is 0 Å². The summed E-state index contributed by atoms with van der Waals surface area (Å²) in [6, 6.07) is 7.50. The van der Waals surface area contributed by atoms with Crippen LogP contribution in [0.5, 0.6) is 0 Å². The van der Waals surface area contributed by atoms with E-state index >= 15 is 0 Å². The molecule has 0 amide bonds. The second-order valence-corrected chi connectivity index (χ2v) is 6.14. The molecule has 0 spiro atoms. The van der Waals surface area contributed by atoms with Gasteiger partial charge in [-0.2, -0.15) is 13.2 Å². The van der Waals surface area contributed by atoms with Gasteiger partial charge >= 0.3 is 6.18 Å². The first-order valence-electron chi connectivity index (χ1n) is 8.72. The summed E-state index contributed by atoms with van der Waals surface area (Å²) in [6.07, 6.45) is -1.32. The average Bonchev–Trinajstić information content (AvgIpc) is 3.25. The van der Waals surface area contributed by atoms with Crippen LogP contribution in [0.3, 0.4) is 0 Å².